The first-order valence-corrected chi connectivity index (χ1v) is 6.49. The smallest absolute Gasteiger partial charge is 0.0725 e. The summed E-state index contributed by atoms with van der Waals surface area (Å²) in [6, 6.07) is 6.52. The molecule has 0 radical (unpaired) electrons. The Bertz CT molecular complexity index is 362. The topological polar surface area (TPSA) is 9.23 Å². The standard InChI is InChI=1S/C14H19ClO/c1-3-4-10(2)14(15)11-5-6-12-8-16-9-13(12)7-11/h5-7,10,14H,3-4,8-9H2,1-2H3. The molecule has 0 N–H and O–H groups in total. The van der Waals surface area contributed by atoms with E-state index < -0.39 is 0 Å². The molecule has 1 aliphatic heterocycles. The molecule has 0 bridgehead atoms. The number of benzene rings is 1. The van der Waals surface area contributed by atoms with E-state index in [4.69, 9.17) is 16.3 Å². The average molecular weight is 239 g/mol. The van der Waals surface area contributed by atoms with E-state index in [1.807, 2.05) is 0 Å². The van der Waals surface area contributed by atoms with Crippen LogP contribution >= 0.6 is 11.6 Å². The molecular weight excluding hydrogens is 220 g/mol. The fourth-order valence-corrected chi connectivity index (χ4v) is 2.56. The summed E-state index contributed by atoms with van der Waals surface area (Å²) in [6.45, 7) is 5.93. The van der Waals surface area contributed by atoms with E-state index in [0.29, 0.717) is 5.92 Å². The zero-order valence-corrected chi connectivity index (χ0v) is 10.8. The van der Waals surface area contributed by atoms with Crippen LogP contribution in [-0.4, -0.2) is 0 Å². The molecule has 2 rings (SSSR count). The molecule has 16 heavy (non-hydrogen) atoms. The van der Waals surface area contributed by atoms with Gasteiger partial charge in [-0.2, -0.15) is 0 Å². The number of rotatable bonds is 4. The first-order valence-electron chi connectivity index (χ1n) is 6.06. The SMILES string of the molecule is CCCC(C)C(Cl)c1ccc2c(c1)COC2. The van der Waals surface area contributed by atoms with Crippen LogP contribution < -0.4 is 0 Å². The Labute approximate surface area is 103 Å². The predicted molar refractivity (Wildman–Crippen MR) is 67.6 cm³/mol. The van der Waals surface area contributed by atoms with Crippen molar-refractivity contribution in [3.8, 4) is 0 Å². The summed E-state index contributed by atoms with van der Waals surface area (Å²) >= 11 is 6.50. The molecule has 1 aromatic rings. The van der Waals surface area contributed by atoms with Crippen LogP contribution in [-0.2, 0) is 18.0 Å². The van der Waals surface area contributed by atoms with Gasteiger partial charge in [0.05, 0.1) is 18.6 Å². The Morgan fingerprint density at radius 3 is 2.81 bits per heavy atom. The minimum Gasteiger partial charge on any atom is -0.372 e. The van der Waals surface area contributed by atoms with Gasteiger partial charge in [-0.1, -0.05) is 38.5 Å². The lowest BCUT2D eigenvalue weighted by molar-refractivity contribution is 0.134. The summed E-state index contributed by atoms with van der Waals surface area (Å²) in [5, 5.41) is 0.130. The number of hydrogen-bond acceptors (Lipinski definition) is 1. The molecule has 0 amide bonds. The van der Waals surface area contributed by atoms with Gasteiger partial charge in [-0.15, -0.1) is 11.6 Å². The molecule has 0 fully saturated rings. The third-order valence-corrected chi connectivity index (χ3v) is 3.99. The second-order valence-corrected chi connectivity index (χ2v) is 5.16. The van der Waals surface area contributed by atoms with E-state index in [1.54, 1.807) is 0 Å². The third kappa shape index (κ3) is 2.41. The van der Waals surface area contributed by atoms with Gasteiger partial charge in [-0.25, -0.2) is 0 Å². The molecule has 2 unspecified atom stereocenters. The molecule has 1 heterocycles. The van der Waals surface area contributed by atoms with Crippen LogP contribution in [0.15, 0.2) is 18.2 Å². The van der Waals surface area contributed by atoms with Crippen molar-refractivity contribution in [1.82, 2.24) is 0 Å². The highest BCUT2D eigenvalue weighted by Crippen LogP contribution is 2.33. The molecule has 88 valence electrons. The van der Waals surface area contributed by atoms with Gasteiger partial charge < -0.3 is 4.74 Å². The minimum absolute atomic E-state index is 0.130. The molecule has 1 aliphatic rings. The van der Waals surface area contributed by atoms with Crippen LogP contribution in [0.2, 0.25) is 0 Å². The number of ether oxygens (including phenoxy) is 1. The third-order valence-electron chi connectivity index (χ3n) is 3.31. The van der Waals surface area contributed by atoms with Crippen LogP contribution in [0.25, 0.3) is 0 Å². The molecule has 0 spiro atoms. The van der Waals surface area contributed by atoms with Crippen molar-refractivity contribution in [2.75, 3.05) is 0 Å². The summed E-state index contributed by atoms with van der Waals surface area (Å²) in [5.74, 6) is 0.534. The number of halogens is 1. The lowest BCUT2D eigenvalue weighted by Crippen LogP contribution is -2.04. The van der Waals surface area contributed by atoms with Crippen molar-refractivity contribution >= 4 is 11.6 Å². The summed E-state index contributed by atoms with van der Waals surface area (Å²) in [7, 11) is 0. The van der Waals surface area contributed by atoms with Crippen LogP contribution in [0.4, 0.5) is 0 Å². The Kier molecular flexibility index (Phi) is 3.88. The zero-order valence-electron chi connectivity index (χ0n) is 10.0. The van der Waals surface area contributed by atoms with E-state index >= 15 is 0 Å². The maximum Gasteiger partial charge on any atom is 0.0725 e. The van der Waals surface area contributed by atoms with Crippen molar-refractivity contribution in [2.45, 2.75) is 45.3 Å². The quantitative estimate of drug-likeness (QED) is 0.705. The molecule has 0 aliphatic carbocycles. The zero-order chi connectivity index (χ0) is 11.5. The first kappa shape index (κ1) is 11.9. The van der Waals surface area contributed by atoms with Gasteiger partial charge in [0.2, 0.25) is 0 Å². The molecule has 1 aromatic carbocycles. The van der Waals surface area contributed by atoms with Crippen molar-refractivity contribution in [3.63, 3.8) is 0 Å². The maximum atomic E-state index is 6.50. The van der Waals surface area contributed by atoms with E-state index in [-0.39, 0.29) is 5.38 Å². The van der Waals surface area contributed by atoms with E-state index in [2.05, 4.69) is 32.0 Å². The van der Waals surface area contributed by atoms with Crippen LogP contribution in [0.1, 0.15) is 48.8 Å². The molecule has 2 atom stereocenters. The summed E-state index contributed by atoms with van der Waals surface area (Å²) < 4.78 is 5.41. The van der Waals surface area contributed by atoms with Gasteiger partial charge >= 0.3 is 0 Å². The second kappa shape index (κ2) is 5.20. The summed E-state index contributed by atoms with van der Waals surface area (Å²) in [4.78, 5) is 0. The van der Waals surface area contributed by atoms with Gasteiger partial charge in [0, 0.05) is 0 Å². The predicted octanol–water partition coefficient (Wildman–Crippen LogP) is 4.43. The van der Waals surface area contributed by atoms with Gasteiger partial charge in [0.1, 0.15) is 0 Å². The second-order valence-electron chi connectivity index (χ2n) is 4.69. The first-order chi connectivity index (χ1) is 7.72. The van der Waals surface area contributed by atoms with Crippen LogP contribution in [0, 0.1) is 5.92 Å². The number of hydrogen-bond donors (Lipinski definition) is 0. The number of fused-ring (bicyclic) bond motifs is 1. The van der Waals surface area contributed by atoms with Crippen molar-refractivity contribution in [2.24, 2.45) is 5.92 Å². The molecule has 0 saturated carbocycles. The Balaban J connectivity index is 2.14. The van der Waals surface area contributed by atoms with Gasteiger partial charge in [0.25, 0.3) is 0 Å². The molecule has 0 saturated heterocycles. The Hall–Kier alpha value is -0.530. The highest BCUT2D eigenvalue weighted by Gasteiger charge is 2.18. The molecule has 1 nitrogen and oxygen atoms in total. The van der Waals surface area contributed by atoms with Gasteiger partial charge in [-0.3, -0.25) is 0 Å². The average Bonchev–Trinajstić information content (AvgIpc) is 2.75. The lowest BCUT2D eigenvalue weighted by atomic mass is 9.94. The largest absolute Gasteiger partial charge is 0.372 e. The minimum atomic E-state index is 0.130. The van der Waals surface area contributed by atoms with Crippen LogP contribution in [0.5, 0.6) is 0 Å². The van der Waals surface area contributed by atoms with Gasteiger partial charge in [0.15, 0.2) is 0 Å². The Morgan fingerprint density at radius 2 is 2.06 bits per heavy atom. The maximum absolute atomic E-state index is 6.50. The highest BCUT2D eigenvalue weighted by atomic mass is 35.5. The van der Waals surface area contributed by atoms with Crippen molar-refractivity contribution in [1.29, 1.82) is 0 Å². The fourth-order valence-electron chi connectivity index (χ4n) is 2.29. The van der Waals surface area contributed by atoms with Gasteiger partial charge in [-0.05, 0) is 29.0 Å². The molecule has 0 aromatic heterocycles. The normalized spacial score (nSPS) is 18.2. The number of alkyl halides is 1. The summed E-state index contributed by atoms with van der Waals surface area (Å²) in [6.07, 6.45) is 2.38. The Morgan fingerprint density at radius 1 is 1.31 bits per heavy atom. The van der Waals surface area contributed by atoms with E-state index in [0.717, 1.165) is 13.2 Å². The van der Waals surface area contributed by atoms with E-state index in [1.165, 1.54) is 29.5 Å². The molecule has 2 heteroatoms. The summed E-state index contributed by atoms with van der Waals surface area (Å²) in [5.41, 5.74) is 3.87. The van der Waals surface area contributed by atoms with Crippen molar-refractivity contribution < 1.29 is 4.74 Å². The monoisotopic (exact) mass is 238 g/mol. The lowest BCUT2D eigenvalue weighted by Gasteiger charge is -2.18. The van der Waals surface area contributed by atoms with E-state index in [9.17, 15) is 0 Å². The fraction of sp³-hybridized carbons (Fsp3) is 0.571. The highest BCUT2D eigenvalue weighted by molar-refractivity contribution is 6.21. The van der Waals surface area contributed by atoms with Crippen molar-refractivity contribution in [3.05, 3.63) is 34.9 Å². The van der Waals surface area contributed by atoms with Crippen LogP contribution in [0.3, 0.4) is 0 Å². The molecular formula is C14H19ClO.